The van der Waals surface area contributed by atoms with Gasteiger partial charge < -0.3 is 15.7 Å². The number of hydrogen-bond donors (Lipinski definition) is 2. The average Bonchev–Trinajstić information content (AvgIpc) is 2.17. The molecule has 1 rings (SSSR count). The number of likely N-dealkylation sites (tertiary alicyclic amines) is 1. The van der Waals surface area contributed by atoms with Crippen LogP contribution in [0.15, 0.2) is 0 Å². The zero-order valence-electron chi connectivity index (χ0n) is 8.07. The topological polar surface area (TPSA) is 66.6 Å². The Kier molecular flexibility index (Phi) is 3.69. The fourth-order valence-corrected chi connectivity index (χ4v) is 1.53. The first-order valence-electron chi connectivity index (χ1n) is 4.85. The van der Waals surface area contributed by atoms with E-state index in [0.717, 1.165) is 25.9 Å². The van der Waals surface area contributed by atoms with Gasteiger partial charge in [-0.3, -0.25) is 4.79 Å². The third kappa shape index (κ3) is 2.67. The SMILES string of the molecule is C[C@@H](O)[C@H](N)C(=O)N1CCCCC1. The average molecular weight is 186 g/mol. The molecule has 1 amide bonds. The minimum absolute atomic E-state index is 0.116. The first-order valence-corrected chi connectivity index (χ1v) is 4.85. The van der Waals surface area contributed by atoms with Crippen molar-refractivity contribution in [1.82, 2.24) is 4.90 Å². The zero-order chi connectivity index (χ0) is 9.84. The summed E-state index contributed by atoms with van der Waals surface area (Å²) in [6.45, 7) is 3.13. The molecule has 0 aromatic rings. The number of aliphatic hydroxyl groups is 1. The van der Waals surface area contributed by atoms with Gasteiger partial charge >= 0.3 is 0 Å². The molecular formula is C9H18N2O2. The molecule has 1 aliphatic rings. The van der Waals surface area contributed by atoms with Gasteiger partial charge in [0.15, 0.2) is 0 Å². The predicted octanol–water partition coefficient (Wildman–Crippen LogP) is -0.293. The van der Waals surface area contributed by atoms with Gasteiger partial charge in [-0.25, -0.2) is 0 Å². The zero-order valence-corrected chi connectivity index (χ0v) is 8.07. The van der Waals surface area contributed by atoms with Crippen molar-refractivity contribution in [1.29, 1.82) is 0 Å². The number of carbonyl (C=O) groups excluding carboxylic acids is 1. The summed E-state index contributed by atoms with van der Waals surface area (Å²) in [4.78, 5) is 13.3. The maximum absolute atomic E-state index is 11.6. The molecule has 0 aromatic carbocycles. The summed E-state index contributed by atoms with van der Waals surface area (Å²) in [5, 5.41) is 9.15. The molecule has 1 aliphatic heterocycles. The molecule has 2 atom stereocenters. The molecule has 1 fully saturated rings. The third-order valence-corrected chi connectivity index (χ3v) is 2.47. The molecule has 0 radical (unpaired) electrons. The number of nitrogens with zero attached hydrogens (tertiary/aromatic N) is 1. The lowest BCUT2D eigenvalue weighted by molar-refractivity contribution is -0.135. The van der Waals surface area contributed by atoms with Crippen molar-refractivity contribution < 1.29 is 9.90 Å². The van der Waals surface area contributed by atoms with Crippen LogP contribution in [0.2, 0.25) is 0 Å². The van der Waals surface area contributed by atoms with Crippen LogP contribution >= 0.6 is 0 Å². The normalized spacial score (nSPS) is 22.5. The van der Waals surface area contributed by atoms with Crippen LogP contribution in [0, 0.1) is 0 Å². The monoisotopic (exact) mass is 186 g/mol. The Bertz CT molecular complexity index is 176. The fraction of sp³-hybridized carbons (Fsp3) is 0.889. The van der Waals surface area contributed by atoms with Crippen LogP contribution in [0.5, 0.6) is 0 Å². The number of rotatable bonds is 2. The summed E-state index contributed by atoms with van der Waals surface area (Å²) in [6.07, 6.45) is 2.54. The highest BCUT2D eigenvalue weighted by molar-refractivity contribution is 5.82. The van der Waals surface area contributed by atoms with E-state index in [2.05, 4.69) is 0 Å². The van der Waals surface area contributed by atoms with Gasteiger partial charge in [0.2, 0.25) is 5.91 Å². The molecule has 4 nitrogen and oxygen atoms in total. The largest absolute Gasteiger partial charge is 0.391 e. The number of hydrogen-bond acceptors (Lipinski definition) is 3. The molecular weight excluding hydrogens is 168 g/mol. The van der Waals surface area contributed by atoms with Crippen LogP contribution in [-0.4, -0.2) is 41.1 Å². The van der Waals surface area contributed by atoms with Crippen LogP contribution in [0.1, 0.15) is 26.2 Å². The molecule has 1 heterocycles. The van der Waals surface area contributed by atoms with Crippen molar-refractivity contribution in [2.24, 2.45) is 5.73 Å². The molecule has 0 aromatic heterocycles. The van der Waals surface area contributed by atoms with Crippen molar-refractivity contribution in [3.63, 3.8) is 0 Å². The van der Waals surface area contributed by atoms with Crippen LogP contribution in [0.4, 0.5) is 0 Å². The molecule has 3 N–H and O–H groups in total. The Labute approximate surface area is 78.7 Å². The second-order valence-corrected chi connectivity index (χ2v) is 3.65. The maximum Gasteiger partial charge on any atom is 0.242 e. The van der Waals surface area contributed by atoms with Gasteiger partial charge in [0.25, 0.3) is 0 Å². The highest BCUT2D eigenvalue weighted by atomic mass is 16.3. The van der Waals surface area contributed by atoms with Crippen molar-refractivity contribution in [2.75, 3.05) is 13.1 Å². The van der Waals surface area contributed by atoms with E-state index in [9.17, 15) is 4.79 Å². The van der Waals surface area contributed by atoms with Gasteiger partial charge in [-0.1, -0.05) is 0 Å². The Morgan fingerprint density at radius 3 is 2.38 bits per heavy atom. The van der Waals surface area contributed by atoms with E-state index in [1.165, 1.54) is 6.42 Å². The van der Waals surface area contributed by atoms with Gasteiger partial charge in [-0.2, -0.15) is 0 Å². The lowest BCUT2D eigenvalue weighted by Crippen LogP contribution is -2.50. The first kappa shape index (κ1) is 10.5. The van der Waals surface area contributed by atoms with Crippen molar-refractivity contribution in [3.8, 4) is 0 Å². The molecule has 0 unspecified atom stereocenters. The summed E-state index contributed by atoms with van der Waals surface area (Å²) in [5.74, 6) is -0.116. The molecule has 0 bridgehead atoms. The Morgan fingerprint density at radius 1 is 1.38 bits per heavy atom. The fourth-order valence-electron chi connectivity index (χ4n) is 1.53. The number of carbonyl (C=O) groups is 1. The number of aliphatic hydroxyl groups excluding tert-OH is 1. The Hall–Kier alpha value is -0.610. The van der Waals surface area contributed by atoms with E-state index in [1.54, 1.807) is 11.8 Å². The highest BCUT2D eigenvalue weighted by Crippen LogP contribution is 2.10. The van der Waals surface area contributed by atoms with E-state index in [4.69, 9.17) is 10.8 Å². The summed E-state index contributed by atoms with van der Waals surface area (Å²) >= 11 is 0. The summed E-state index contributed by atoms with van der Waals surface area (Å²) in [5.41, 5.74) is 5.55. The lowest BCUT2D eigenvalue weighted by atomic mass is 10.1. The number of nitrogens with two attached hydrogens (primary N) is 1. The standard InChI is InChI=1S/C9H18N2O2/c1-7(12)8(10)9(13)11-5-3-2-4-6-11/h7-8,12H,2-6,10H2,1H3/t7-,8+/m1/s1. The Balaban J connectivity index is 2.45. The predicted molar refractivity (Wildman–Crippen MR) is 50.1 cm³/mol. The smallest absolute Gasteiger partial charge is 0.242 e. The van der Waals surface area contributed by atoms with E-state index in [-0.39, 0.29) is 5.91 Å². The summed E-state index contributed by atoms with van der Waals surface area (Å²) in [6, 6.07) is -0.752. The highest BCUT2D eigenvalue weighted by Gasteiger charge is 2.25. The minimum atomic E-state index is -0.755. The summed E-state index contributed by atoms with van der Waals surface area (Å²) < 4.78 is 0. The molecule has 0 saturated carbocycles. The quantitative estimate of drug-likeness (QED) is 0.622. The first-order chi connectivity index (χ1) is 6.13. The van der Waals surface area contributed by atoms with E-state index in [1.807, 2.05) is 0 Å². The van der Waals surface area contributed by atoms with Crippen LogP contribution in [-0.2, 0) is 4.79 Å². The number of piperidine rings is 1. The van der Waals surface area contributed by atoms with E-state index >= 15 is 0 Å². The number of amides is 1. The summed E-state index contributed by atoms with van der Waals surface area (Å²) in [7, 11) is 0. The van der Waals surface area contributed by atoms with E-state index in [0.29, 0.717) is 0 Å². The second kappa shape index (κ2) is 4.58. The van der Waals surface area contributed by atoms with Crippen molar-refractivity contribution in [3.05, 3.63) is 0 Å². The van der Waals surface area contributed by atoms with Crippen molar-refractivity contribution >= 4 is 5.91 Å². The molecule has 1 saturated heterocycles. The molecule has 4 heteroatoms. The van der Waals surface area contributed by atoms with Crippen LogP contribution in [0.25, 0.3) is 0 Å². The third-order valence-electron chi connectivity index (χ3n) is 2.47. The van der Waals surface area contributed by atoms with Gasteiger partial charge in [0, 0.05) is 13.1 Å². The van der Waals surface area contributed by atoms with E-state index < -0.39 is 12.1 Å². The van der Waals surface area contributed by atoms with Crippen molar-refractivity contribution in [2.45, 2.75) is 38.3 Å². The van der Waals surface area contributed by atoms with Crippen LogP contribution < -0.4 is 5.73 Å². The Morgan fingerprint density at radius 2 is 1.92 bits per heavy atom. The molecule has 0 aliphatic carbocycles. The second-order valence-electron chi connectivity index (χ2n) is 3.65. The van der Waals surface area contributed by atoms with Gasteiger partial charge in [-0.15, -0.1) is 0 Å². The minimum Gasteiger partial charge on any atom is -0.391 e. The van der Waals surface area contributed by atoms with Gasteiger partial charge in [0.1, 0.15) is 6.04 Å². The van der Waals surface area contributed by atoms with Crippen LogP contribution in [0.3, 0.4) is 0 Å². The van der Waals surface area contributed by atoms with Gasteiger partial charge in [0.05, 0.1) is 6.10 Å². The maximum atomic E-state index is 11.6. The van der Waals surface area contributed by atoms with Gasteiger partial charge in [-0.05, 0) is 26.2 Å². The molecule has 13 heavy (non-hydrogen) atoms. The molecule has 76 valence electrons. The molecule has 0 spiro atoms. The lowest BCUT2D eigenvalue weighted by Gasteiger charge is -2.29.